The van der Waals surface area contributed by atoms with Crippen molar-refractivity contribution in [3.05, 3.63) is 64.3 Å². The molecule has 25 heavy (non-hydrogen) atoms. The number of hydrogen-bond donors (Lipinski definition) is 1. The van der Waals surface area contributed by atoms with Crippen LogP contribution in [-0.2, 0) is 0 Å². The molecule has 1 aromatic heterocycles. The number of nitrogens with one attached hydrogen (secondary N) is 1. The number of nitrogens with zero attached hydrogens (tertiary/aromatic N) is 3. The molecule has 0 spiro atoms. The molecule has 1 atom stereocenters. The van der Waals surface area contributed by atoms with Crippen molar-refractivity contribution in [3.63, 3.8) is 0 Å². The molecule has 130 valence electrons. The maximum Gasteiger partial charge on any atom is 0.311 e. The number of aromatic nitrogens is 1. The van der Waals surface area contributed by atoms with Crippen LogP contribution in [-0.4, -0.2) is 34.9 Å². The van der Waals surface area contributed by atoms with E-state index in [9.17, 15) is 14.9 Å². The molecular formula is C18H20N4O3. The summed E-state index contributed by atoms with van der Waals surface area (Å²) in [6.07, 6.45) is 4.42. The molecule has 1 aliphatic heterocycles. The number of carbonyl (C=O) groups is 1. The van der Waals surface area contributed by atoms with Gasteiger partial charge in [-0.2, -0.15) is 0 Å². The van der Waals surface area contributed by atoms with E-state index in [-0.39, 0.29) is 17.6 Å². The third kappa shape index (κ3) is 3.93. The number of rotatable bonds is 5. The molecule has 1 aromatic carbocycles. The van der Waals surface area contributed by atoms with Gasteiger partial charge >= 0.3 is 5.69 Å². The van der Waals surface area contributed by atoms with E-state index in [0.717, 1.165) is 19.3 Å². The van der Waals surface area contributed by atoms with Gasteiger partial charge in [0.05, 0.1) is 4.92 Å². The predicted molar refractivity (Wildman–Crippen MR) is 94.7 cm³/mol. The number of hydrogen-bond acceptors (Lipinski definition) is 5. The molecule has 1 fully saturated rings. The van der Waals surface area contributed by atoms with Gasteiger partial charge in [0.15, 0.2) is 0 Å². The van der Waals surface area contributed by atoms with E-state index in [2.05, 4.69) is 10.3 Å². The Kier molecular flexibility index (Phi) is 5.23. The van der Waals surface area contributed by atoms with Crippen LogP contribution in [0.15, 0.2) is 48.7 Å². The van der Waals surface area contributed by atoms with Crippen molar-refractivity contribution < 1.29 is 9.72 Å². The molecule has 1 amide bonds. The maximum atomic E-state index is 12.3. The van der Waals surface area contributed by atoms with E-state index in [1.165, 1.54) is 6.07 Å². The highest BCUT2D eigenvalue weighted by Crippen LogP contribution is 2.30. The number of amides is 1. The van der Waals surface area contributed by atoms with Crippen LogP contribution < -0.4 is 10.2 Å². The fourth-order valence-corrected chi connectivity index (χ4v) is 3.15. The second-order valence-corrected chi connectivity index (χ2v) is 6.02. The molecule has 1 aliphatic rings. The number of benzene rings is 1. The quantitative estimate of drug-likeness (QED) is 0.668. The lowest BCUT2D eigenvalue weighted by Crippen LogP contribution is -2.47. The Labute approximate surface area is 145 Å². The molecule has 2 aromatic rings. The van der Waals surface area contributed by atoms with Crippen molar-refractivity contribution >= 4 is 17.4 Å². The zero-order valence-corrected chi connectivity index (χ0v) is 13.8. The lowest BCUT2D eigenvalue weighted by Gasteiger charge is -2.36. The summed E-state index contributed by atoms with van der Waals surface area (Å²) >= 11 is 0. The minimum absolute atomic E-state index is 0.00351. The Morgan fingerprint density at radius 3 is 2.80 bits per heavy atom. The summed E-state index contributed by atoms with van der Waals surface area (Å²) in [6, 6.07) is 12.1. The third-order valence-corrected chi connectivity index (χ3v) is 4.40. The van der Waals surface area contributed by atoms with Gasteiger partial charge in [0.2, 0.25) is 5.82 Å². The lowest BCUT2D eigenvalue weighted by molar-refractivity contribution is -0.384. The van der Waals surface area contributed by atoms with Gasteiger partial charge in [-0.1, -0.05) is 18.2 Å². The summed E-state index contributed by atoms with van der Waals surface area (Å²) in [7, 11) is 0. The van der Waals surface area contributed by atoms with Gasteiger partial charge in [-0.15, -0.1) is 0 Å². The van der Waals surface area contributed by atoms with Gasteiger partial charge in [0.1, 0.15) is 0 Å². The van der Waals surface area contributed by atoms with E-state index < -0.39 is 4.92 Å². The largest absolute Gasteiger partial charge is 0.350 e. The Morgan fingerprint density at radius 1 is 1.24 bits per heavy atom. The van der Waals surface area contributed by atoms with E-state index in [4.69, 9.17) is 0 Å². The van der Waals surface area contributed by atoms with Crippen molar-refractivity contribution in [3.8, 4) is 0 Å². The number of anilines is 1. The first-order valence-corrected chi connectivity index (χ1v) is 8.36. The van der Waals surface area contributed by atoms with Gasteiger partial charge < -0.3 is 10.2 Å². The minimum Gasteiger partial charge on any atom is -0.350 e. The van der Waals surface area contributed by atoms with Crippen LogP contribution >= 0.6 is 0 Å². The zero-order chi connectivity index (χ0) is 17.6. The van der Waals surface area contributed by atoms with E-state index in [1.807, 2.05) is 23.1 Å². The summed E-state index contributed by atoms with van der Waals surface area (Å²) in [5, 5.41) is 14.2. The Balaban J connectivity index is 1.74. The molecular weight excluding hydrogens is 320 g/mol. The second kappa shape index (κ2) is 7.74. The van der Waals surface area contributed by atoms with Crippen LogP contribution in [0.25, 0.3) is 0 Å². The number of pyridine rings is 1. The molecule has 1 N–H and O–H groups in total. The topological polar surface area (TPSA) is 88.4 Å². The Hall–Kier alpha value is -2.96. The maximum absolute atomic E-state index is 12.3. The van der Waals surface area contributed by atoms with Crippen molar-refractivity contribution in [2.24, 2.45) is 0 Å². The second-order valence-electron chi connectivity index (χ2n) is 6.02. The average Bonchev–Trinajstić information content (AvgIpc) is 2.67. The average molecular weight is 340 g/mol. The van der Waals surface area contributed by atoms with Gasteiger partial charge in [-0.25, -0.2) is 4.98 Å². The summed E-state index contributed by atoms with van der Waals surface area (Å²) < 4.78 is 0. The number of carbonyl (C=O) groups excluding carboxylic acids is 1. The van der Waals surface area contributed by atoms with Gasteiger partial charge in [0, 0.05) is 37.0 Å². The third-order valence-electron chi connectivity index (χ3n) is 4.40. The monoisotopic (exact) mass is 340 g/mol. The van der Waals surface area contributed by atoms with Crippen LogP contribution in [0.3, 0.4) is 0 Å². The Morgan fingerprint density at radius 2 is 2.04 bits per heavy atom. The van der Waals surface area contributed by atoms with Crippen LogP contribution in [0.4, 0.5) is 11.5 Å². The van der Waals surface area contributed by atoms with Crippen molar-refractivity contribution in [2.45, 2.75) is 25.3 Å². The van der Waals surface area contributed by atoms with Crippen LogP contribution in [0, 0.1) is 10.1 Å². The molecule has 1 saturated heterocycles. The molecule has 0 bridgehead atoms. The van der Waals surface area contributed by atoms with Gasteiger partial charge in [-0.05, 0) is 37.5 Å². The van der Waals surface area contributed by atoms with Crippen molar-refractivity contribution in [1.82, 2.24) is 10.3 Å². The molecule has 7 nitrogen and oxygen atoms in total. The highest BCUT2D eigenvalue weighted by atomic mass is 16.6. The first-order chi connectivity index (χ1) is 12.2. The molecule has 2 heterocycles. The Bertz CT molecular complexity index is 751. The van der Waals surface area contributed by atoms with E-state index >= 15 is 0 Å². The molecule has 0 saturated carbocycles. The van der Waals surface area contributed by atoms with Crippen molar-refractivity contribution in [1.29, 1.82) is 0 Å². The summed E-state index contributed by atoms with van der Waals surface area (Å²) in [6.45, 7) is 1.13. The van der Waals surface area contributed by atoms with Crippen LogP contribution in [0.1, 0.15) is 29.6 Å². The molecule has 1 unspecified atom stereocenters. The van der Waals surface area contributed by atoms with E-state index in [0.29, 0.717) is 24.5 Å². The first kappa shape index (κ1) is 16.9. The summed E-state index contributed by atoms with van der Waals surface area (Å²) in [5.74, 6) is 0.243. The summed E-state index contributed by atoms with van der Waals surface area (Å²) in [4.78, 5) is 29.3. The smallest absolute Gasteiger partial charge is 0.311 e. The fourth-order valence-electron chi connectivity index (χ4n) is 3.15. The first-order valence-electron chi connectivity index (χ1n) is 8.36. The molecule has 7 heteroatoms. The number of piperidine rings is 1. The van der Waals surface area contributed by atoms with E-state index in [1.54, 1.807) is 24.4 Å². The van der Waals surface area contributed by atoms with Gasteiger partial charge in [-0.3, -0.25) is 14.9 Å². The van der Waals surface area contributed by atoms with Gasteiger partial charge in [0.25, 0.3) is 5.91 Å². The highest BCUT2D eigenvalue weighted by Gasteiger charge is 2.29. The zero-order valence-electron chi connectivity index (χ0n) is 13.8. The summed E-state index contributed by atoms with van der Waals surface area (Å²) in [5.41, 5.74) is 0.609. The molecule has 0 radical (unpaired) electrons. The SMILES string of the molecule is O=C(NCC1CCCCN1c1ncccc1[N+](=O)[O-])c1ccccc1. The predicted octanol–water partition coefficient (Wildman–Crippen LogP) is 2.78. The standard InChI is InChI=1S/C18H20N4O3/c23-18(14-7-2-1-3-8-14)20-13-15-9-4-5-12-21(15)17-16(22(24)25)10-6-11-19-17/h1-3,6-8,10-11,15H,4-5,9,12-13H2,(H,20,23). The van der Waals surface area contributed by atoms with Crippen molar-refractivity contribution in [2.75, 3.05) is 18.0 Å². The molecule has 0 aliphatic carbocycles. The normalized spacial score (nSPS) is 17.1. The minimum atomic E-state index is -0.406. The highest BCUT2D eigenvalue weighted by molar-refractivity contribution is 5.94. The molecule has 3 rings (SSSR count). The fraction of sp³-hybridized carbons (Fsp3) is 0.333. The number of nitro groups is 1. The van der Waals surface area contributed by atoms with Crippen LogP contribution in [0.2, 0.25) is 0 Å². The lowest BCUT2D eigenvalue weighted by atomic mass is 10.0. The van der Waals surface area contributed by atoms with Crippen LogP contribution in [0.5, 0.6) is 0 Å².